The van der Waals surface area contributed by atoms with Gasteiger partial charge in [0.15, 0.2) is 0 Å². The third kappa shape index (κ3) is 3.22. The minimum absolute atomic E-state index is 0.0649. The maximum Gasteiger partial charge on any atom is 0.416 e. The Bertz CT molecular complexity index is 714. The number of pyridine rings is 1. The van der Waals surface area contributed by atoms with Crippen LogP contribution >= 0.6 is 0 Å². The lowest BCUT2D eigenvalue weighted by Crippen LogP contribution is -2.19. The van der Waals surface area contributed by atoms with Gasteiger partial charge in [0.2, 0.25) is 0 Å². The fourth-order valence-electron chi connectivity index (χ4n) is 3.17. The van der Waals surface area contributed by atoms with E-state index in [1.54, 1.807) is 18.3 Å². The third-order valence-corrected chi connectivity index (χ3v) is 4.26. The summed E-state index contributed by atoms with van der Waals surface area (Å²) in [5.74, 6) is -1.07. The molecule has 1 aliphatic carbocycles. The summed E-state index contributed by atoms with van der Waals surface area (Å²) in [4.78, 5) is 4.15. The number of hydrogen-bond acceptors (Lipinski definition) is 2. The Balaban J connectivity index is 1.96. The molecule has 0 saturated heterocycles. The van der Waals surface area contributed by atoms with Crippen molar-refractivity contribution in [2.45, 2.75) is 37.5 Å². The van der Waals surface area contributed by atoms with E-state index in [4.69, 9.17) is 0 Å². The molecule has 0 unspecified atom stereocenters. The average molecular weight is 325 g/mol. The lowest BCUT2D eigenvalue weighted by molar-refractivity contribution is -0.138. The molecule has 1 heterocycles. The molecule has 1 N–H and O–H groups in total. The zero-order chi connectivity index (χ0) is 16.6. The molecule has 0 fully saturated rings. The minimum atomic E-state index is -4.59. The van der Waals surface area contributed by atoms with Crippen molar-refractivity contribution >= 4 is 0 Å². The summed E-state index contributed by atoms with van der Waals surface area (Å²) in [5, 5.41) is 9.97. The largest absolute Gasteiger partial charge is 0.416 e. The number of aromatic nitrogens is 1. The SMILES string of the molecule is O[C@H]1CC[C@@H](Cc2ccc(F)cc2C(F)(F)F)c2cccnc21. The van der Waals surface area contributed by atoms with Gasteiger partial charge >= 0.3 is 6.18 Å². The molecule has 0 amide bonds. The van der Waals surface area contributed by atoms with Gasteiger partial charge in [0, 0.05) is 6.20 Å². The monoisotopic (exact) mass is 325 g/mol. The predicted molar refractivity (Wildman–Crippen MR) is 76.3 cm³/mol. The number of rotatable bonds is 2. The van der Waals surface area contributed by atoms with Gasteiger partial charge in [-0.2, -0.15) is 13.2 Å². The first kappa shape index (κ1) is 15.9. The fraction of sp³-hybridized carbons (Fsp3) is 0.353. The van der Waals surface area contributed by atoms with Crippen molar-refractivity contribution in [2.75, 3.05) is 0 Å². The maximum atomic E-state index is 13.2. The molecule has 122 valence electrons. The van der Waals surface area contributed by atoms with Crippen LogP contribution in [0.15, 0.2) is 36.5 Å². The maximum absolute atomic E-state index is 13.2. The summed E-state index contributed by atoms with van der Waals surface area (Å²) < 4.78 is 52.6. The van der Waals surface area contributed by atoms with Crippen LogP contribution in [0.1, 0.15) is 47.2 Å². The van der Waals surface area contributed by atoms with E-state index in [0.717, 1.165) is 11.6 Å². The van der Waals surface area contributed by atoms with Crippen LogP contribution in [-0.4, -0.2) is 10.1 Å². The molecule has 1 aromatic heterocycles. The Kier molecular flexibility index (Phi) is 4.10. The van der Waals surface area contributed by atoms with Gasteiger partial charge in [-0.05, 0) is 54.5 Å². The Hall–Kier alpha value is -1.95. The molecule has 3 rings (SSSR count). The van der Waals surface area contributed by atoms with E-state index < -0.39 is 23.7 Å². The van der Waals surface area contributed by atoms with Gasteiger partial charge in [0.1, 0.15) is 5.82 Å². The predicted octanol–water partition coefficient (Wildman–Crippen LogP) is 4.39. The standard InChI is InChI=1S/C17H15F4NO/c18-12-5-3-11(14(9-12)17(19,20)21)8-10-4-6-15(23)16-13(10)2-1-7-22-16/h1-3,5,7,9-10,15,23H,4,6,8H2/t10-,15-/m0/s1. The van der Waals surface area contributed by atoms with Crippen molar-refractivity contribution in [3.63, 3.8) is 0 Å². The lowest BCUT2D eigenvalue weighted by Gasteiger charge is -2.28. The molecule has 23 heavy (non-hydrogen) atoms. The number of benzene rings is 1. The molecule has 6 heteroatoms. The highest BCUT2D eigenvalue weighted by atomic mass is 19.4. The molecule has 0 spiro atoms. The lowest BCUT2D eigenvalue weighted by atomic mass is 9.80. The highest BCUT2D eigenvalue weighted by Gasteiger charge is 2.35. The Labute approximate surface area is 130 Å². The van der Waals surface area contributed by atoms with E-state index in [1.807, 2.05) is 0 Å². The van der Waals surface area contributed by atoms with Gasteiger partial charge in [-0.25, -0.2) is 4.39 Å². The normalized spacial score (nSPS) is 21.1. The summed E-state index contributed by atoms with van der Waals surface area (Å²) in [6.07, 6.45) is -2.56. The number of aliphatic hydroxyl groups excluding tert-OH is 1. The fourth-order valence-corrected chi connectivity index (χ4v) is 3.17. The number of aliphatic hydroxyl groups is 1. The van der Waals surface area contributed by atoms with Crippen molar-refractivity contribution in [2.24, 2.45) is 0 Å². The van der Waals surface area contributed by atoms with Crippen molar-refractivity contribution in [3.05, 3.63) is 64.7 Å². The topological polar surface area (TPSA) is 33.1 Å². The van der Waals surface area contributed by atoms with Gasteiger partial charge in [0.05, 0.1) is 17.4 Å². The molecule has 0 bridgehead atoms. The van der Waals surface area contributed by atoms with Crippen LogP contribution in [0.5, 0.6) is 0 Å². The number of halogens is 4. The van der Waals surface area contributed by atoms with Crippen molar-refractivity contribution in [3.8, 4) is 0 Å². The zero-order valence-electron chi connectivity index (χ0n) is 12.1. The van der Waals surface area contributed by atoms with Gasteiger partial charge in [0.25, 0.3) is 0 Å². The number of hydrogen-bond donors (Lipinski definition) is 1. The number of alkyl halides is 3. The van der Waals surface area contributed by atoms with Crippen LogP contribution in [0.25, 0.3) is 0 Å². The molecule has 2 nitrogen and oxygen atoms in total. The van der Waals surface area contributed by atoms with Gasteiger partial charge in [-0.1, -0.05) is 12.1 Å². The molecule has 0 aliphatic heterocycles. The Morgan fingerprint density at radius 2 is 1.96 bits per heavy atom. The third-order valence-electron chi connectivity index (χ3n) is 4.26. The van der Waals surface area contributed by atoms with E-state index >= 15 is 0 Å². The summed E-state index contributed by atoms with van der Waals surface area (Å²) in [5.41, 5.74) is 0.423. The van der Waals surface area contributed by atoms with E-state index in [2.05, 4.69) is 4.98 Å². The zero-order valence-corrected chi connectivity index (χ0v) is 12.1. The van der Waals surface area contributed by atoms with E-state index in [0.29, 0.717) is 24.6 Å². The van der Waals surface area contributed by atoms with Crippen LogP contribution in [-0.2, 0) is 12.6 Å². The molecular weight excluding hydrogens is 310 g/mol. The van der Waals surface area contributed by atoms with E-state index in [9.17, 15) is 22.7 Å². The van der Waals surface area contributed by atoms with Crippen molar-refractivity contribution in [1.82, 2.24) is 4.98 Å². The van der Waals surface area contributed by atoms with Crippen LogP contribution in [0.4, 0.5) is 17.6 Å². The molecular formula is C17H15F4NO. The molecule has 1 aromatic carbocycles. The van der Waals surface area contributed by atoms with Crippen molar-refractivity contribution in [1.29, 1.82) is 0 Å². The van der Waals surface area contributed by atoms with Crippen molar-refractivity contribution < 1.29 is 22.7 Å². The molecule has 2 aromatic rings. The molecule has 1 aliphatic rings. The first-order valence-corrected chi connectivity index (χ1v) is 7.34. The summed E-state index contributed by atoms with van der Waals surface area (Å²) in [7, 11) is 0. The number of nitrogens with zero attached hydrogens (tertiary/aromatic N) is 1. The smallest absolute Gasteiger partial charge is 0.387 e. The van der Waals surface area contributed by atoms with E-state index in [1.165, 1.54) is 6.07 Å². The van der Waals surface area contributed by atoms with Gasteiger partial charge < -0.3 is 5.11 Å². The van der Waals surface area contributed by atoms with Crippen LogP contribution in [0.3, 0.4) is 0 Å². The summed E-state index contributed by atoms with van der Waals surface area (Å²) in [6.45, 7) is 0. The van der Waals surface area contributed by atoms with Gasteiger partial charge in [-0.3, -0.25) is 4.98 Å². The average Bonchev–Trinajstić information content (AvgIpc) is 2.51. The van der Waals surface area contributed by atoms with Crippen LogP contribution < -0.4 is 0 Å². The quantitative estimate of drug-likeness (QED) is 0.831. The second-order valence-electron chi connectivity index (χ2n) is 5.77. The van der Waals surface area contributed by atoms with Crippen LogP contribution in [0, 0.1) is 5.82 Å². The Morgan fingerprint density at radius 1 is 1.17 bits per heavy atom. The highest BCUT2D eigenvalue weighted by molar-refractivity contribution is 5.35. The molecule has 0 saturated carbocycles. The second-order valence-corrected chi connectivity index (χ2v) is 5.77. The number of fused-ring (bicyclic) bond motifs is 1. The summed E-state index contributed by atoms with van der Waals surface area (Å²) in [6, 6.07) is 6.27. The second kappa shape index (κ2) is 5.92. The first-order valence-electron chi connectivity index (χ1n) is 7.34. The van der Waals surface area contributed by atoms with Gasteiger partial charge in [-0.15, -0.1) is 0 Å². The molecule has 0 radical (unpaired) electrons. The minimum Gasteiger partial charge on any atom is -0.387 e. The summed E-state index contributed by atoms with van der Waals surface area (Å²) >= 11 is 0. The molecule has 2 atom stereocenters. The van der Waals surface area contributed by atoms with Crippen LogP contribution in [0.2, 0.25) is 0 Å². The Morgan fingerprint density at radius 3 is 2.70 bits per heavy atom. The first-order chi connectivity index (χ1) is 10.9. The highest BCUT2D eigenvalue weighted by Crippen LogP contribution is 2.40. The van der Waals surface area contributed by atoms with E-state index in [-0.39, 0.29) is 17.9 Å².